The largest absolute Gasteiger partial charge is 0.491 e. The van der Waals surface area contributed by atoms with Gasteiger partial charge in [0.25, 0.3) is 0 Å². The maximum atomic E-state index is 10.5. The number of benzene rings is 2. The van der Waals surface area contributed by atoms with Crippen LogP contribution in [0.5, 0.6) is 5.75 Å². The van der Waals surface area contributed by atoms with Crippen LogP contribution in [0.15, 0.2) is 54.6 Å². The number of halogens is 1. The zero-order chi connectivity index (χ0) is 19.6. The molecule has 1 aliphatic rings. The Hall–Kier alpha value is -1.63. The Labute approximate surface area is 172 Å². The van der Waals surface area contributed by atoms with Crippen molar-refractivity contribution in [2.24, 2.45) is 0 Å². The van der Waals surface area contributed by atoms with Crippen molar-refractivity contribution in [1.82, 2.24) is 9.80 Å². The number of rotatable bonds is 10. The highest BCUT2D eigenvalue weighted by Gasteiger charge is 2.16. The van der Waals surface area contributed by atoms with E-state index in [-0.39, 0.29) is 6.61 Å². The molecule has 0 amide bonds. The first-order chi connectivity index (χ1) is 13.7. The summed E-state index contributed by atoms with van der Waals surface area (Å²) in [4.78, 5) is 4.71. The maximum absolute atomic E-state index is 10.5. The van der Waals surface area contributed by atoms with Crippen molar-refractivity contribution in [3.63, 3.8) is 0 Å². The minimum absolute atomic E-state index is 0.254. The lowest BCUT2D eigenvalue weighted by atomic mass is 10.2. The van der Waals surface area contributed by atoms with Gasteiger partial charge in [0.2, 0.25) is 0 Å². The fourth-order valence-corrected chi connectivity index (χ4v) is 3.38. The predicted molar refractivity (Wildman–Crippen MR) is 112 cm³/mol. The predicted octanol–water partition coefficient (Wildman–Crippen LogP) is 2.91. The van der Waals surface area contributed by atoms with Crippen LogP contribution in [0.1, 0.15) is 5.56 Å². The van der Waals surface area contributed by atoms with Gasteiger partial charge in [0.05, 0.1) is 13.2 Å². The molecule has 1 fully saturated rings. The number of hydrogen-bond acceptors (Lipinski definition) is 5. The summed E-state index contributed by atoms with van der Waals surface area (Å²) in [6.07, 6.45) is -0.566. The van der Waals surface area contributed by atoms with E-state index in [9.17, 15) is 5.11 Å². The second kappa shape index (κ2) is 11.4. The molecule has 2 aromatic carbocycles. The Bertz CT molecular complexity index is 678. The molecule has 0 unspecified atom stereocenters. The number of morpholine rings is 1. The zero-order valence-electron chi connectivity index (χ0n) is 16.2. The molecule has 0 aliphatic carbocycles. The van der Waals surface area contributed by atoms with Crippen molar-refractivity contribution in [1.29, 1.82) is 0 Å². The van der Waals surface area contributed by atoms with Crippen LogP contribution in [0.4, 0.5) is 0 Å². The molecule has 0 saturated carbocycles. The molecule has 1 heterocycles. The first-order valence-electron chi connectivity index (χ1n) is 9.82. The second-order valence-electron chi connectivity index (χ2n) is 7.09. The first kappa shape index (κ1) is 21.1. The Morgan fingerprint density at radius 1 is 1.07 bits per heavy atom. The van der Waals surface area contributed by atoms with E-state index in [1.807, 2.05) is 18.2 Å². The standard InChI is InChI=1S/C22H29ClN2O3/c23-20-6-8-22(9-7-20)28-18-21(26)17-25(16-19-4-2-1-3-5-19)11-10-24-12-14-27-15-13-24/h1-9,21,26H,10-18H2/t21-/m1/s1. The highest BCUT2D eigenvalue weighted by molar-refractivity contribution is 6.30. The van der Waals surface area contributed by atoms with Crippen molar-refractivity contribution in [2.45, 2.75) is 12.6 Å². The molecular weight excluding hydrogens is 376 g/mol. The van der Waals surface area contributed by atoms with Crippen molar-refractivity contribution in [2.75, 3.05) is 52.5 Å². The van der Waals surface area contributed by atoms with Crippen molar-refractivity contribution in [3.05, 3.63) is 65.2 Å². The highest BCUT2D eigenvalue weighted by Crippen LogP contribution is 2.16. The average molecular weight is 405 g/mol. The van der Waals surface area contributed by atoms with Crippen LogP contribution in [-0.4, -0.2) is 73.6 Å². The lowest BCUT2D eigenvalue weighted by molar-refractivity contribution is 0.0256. The van der Waals surface area contributed by atoms with Gasteiger partial charge in [0.15, 0.2) is 0 Å². The molecule has 6 heteroatoms. The summed E-state index contributed by atoms with van der Waals surface area (Å²) in [7, 11) is 0. The molecule has 1 atom stereocenters. The fourth-order valence-electron chi connectivity index (χ4n) is 3.26. The van der Waals surface area contributed by atoms with E-state index in [0.717, 1.165) is 45.9 Å². The van der Waals surface area contributed by atoms with Gasteiger partial charge in [-0.3, -0.25) is 9.80 Å². The van der Waals surface area contributed by atoms with E-state index in [1.165, 1.54) is 5.56 Å². The summed E-state index contributed by atoms with van der Waals surface area (Å²) in [5.41, 5.74) is 1.25. The van der Waals surface area contributed by atoms with E-state index in [4.69, 9.17) is 21.1 Å². The number of aliphatic hydroxyl groups excluding tert-OH is 1. The lowest BCUT2D eigenvalue weighted by Gasteiger charge is -2.31. The number of ether oxygens (including phenoxy) is 2. The van der Waals surface area contributed by atoms with Crippen LogP contribution in [0.2, 0.25) is 5.02 Å². The highest BCUT2D eigenvalue weighted by atomic mass is 35.5. The molecule has 0 spiro atoms. The SMILES string of the molecule is O[C@@H](COc1ccc(Cl)cc1)CN(CCN1CCOCC1)Cc1ccccc1. The third-order valence-electron chi connectivity index (χ3n) is 4.81. The third kappa shape index (κ3) is 7.41. The van der Waals surface area contributed by atoms with Gasteiger partial charge in [-0.1, -0.05) is 41.9 Å². The van der Waals surface area contributed by atoms with E-state index in [0.29, 0.717) is 17.3 Å². The summed E-state index contributed by atoms with van der Waals surface area (Å²) in [5.74, 6) is 0.714. The van der Waals surface area contributed by atoms with Gasteiger partial charge in [-0.2, -0.15) is 0 Å². The molecule has 1 saturated heterocycles. The summed E-state index contributed by atoms with van der Waals surface area (Å²) in [6, 6.07) is 17.6. The monoisotopic (exact) mass is 404 g/mol. The number of aliphatic hydroxyl groups is 1. The second-order valence-corrected chi connectivity index (χ2v) is 7.53. The summed E-state index contributed by atoms with van der Waals surface area (Å²) >= 11 is 5.90. The molecule has 1 aliphatic heterocycles. The Balaban J connectivity index is 1.51. The normalized spacial score (nSPS) is 16.2. The molecule has 0 radical (unpaired) electrons. The van der Waals surface area contributed by atoms with Crippen molar-refractivity contribution in [3.8, 4) is 5.75 Å². The quantitative estimate of drug-likeness (QED) is 0.659. The fraction of sp³-hybridized carbons (Fsp3) is 0.455. The zero-order valence-corrected chi connectivity index (χ0v) is 16.9. The molecule has 28 heavy (non-hydrogen) atoms. The number of hydrogen-bond donors (Lipinski definition) is 1. The summed E-state index contributed by atoms with van der Waals surface area (Å²) < 4.78 is 11.1. The van der Waals surface area contributed by atoms with Gasteiger partial charge in [-0.05, 0) is 29.8 Å². The topological polar surface area (TPSA) is 45.2 Å². The number of nitrogens with zero attached hydrogens (tertiary/aromatic N) is 2. The molecule has 0 aromatic heterocycles. The van der Waals surface area contributed by atoms with Gasteiger partial charge in [0.1, 0.15) is 18.5 Å². The van der Waals surface area contributed by atoms with Crippen molar-refractivity contribution >= 4 is 11.6 Å². The minimum Gasteiger partial charge on any atom is -0.491 e. The van der Waals surface area contributed by atoms with Crippen LogP contribution in [0, 0.1) is 0 Å². The Morgan fingerprint density at radius 2 is 1.79 bits per heavy atom. The molecule has 2 aromatic rings. The van der Waals surface area contributed by atoms with Crippen LogP contribution in [-0.2, 0) is 11.3 Å². The maximum Gasteiger partial charge on any atom is 0.119 e. The van der Waals surface area contributed by atoms with Crippen LogP contribution in [0.3, 0.4) is 0 Å². The van der Waals surface area contributed by atoms with Crippen molar-refractivity contribution < 1.29 is 14.6 Å². The first-order valence-corrected chi connectivity index (χ1v) is 10.2. The van der Waals surface area contributed by atoms with E-state index in [1.54, 1.807) is 12.1 Å². The summed E-state index contributed by atoms with van der Waals surface area (Å²) in [5, 5.41) is 11.2. The Kier molecular flexibility index (Phi) is 8.58. The van der Waals surface area contributed by atoms with Gasteiger partial charge in [-0.25, -0.2) is 0 Å². The molecule has 3 rings (SSSR count). The third-order valence-corrected chi connectivity index (χ3v) is 5.06. The average Bonchev–Trinajstić information content (AvgIpc) is 2.73. The Morgan fingerprint density at radius 3 is 2.50 bits per heavy atom. The van der Waals surface area contributed by atoms with E-state index in [2.05, 4.69) is 34.1 Å². The van der Waals surface area contributed by atoms with Crippen LogP contribution in [0.25, 0.3) is 0 Å². The molecule has 5 nitrogen and oxygen atoms in total. The molecule has 0 bridgehead atoms. The molecule has 1 N–H and O–H groups in total. The summed E-state index contributed by atoms with van der Waals surface area (Å²) in [6.45, 7) is 7.05. The van der Waals surface area contributed by atoms with E-state index < -0.39 is 6.10 Å². The molecular formula is C22H29ClN2O3. The molecule has 152 valence electrons. The lowest BCUT2D eigenvalue weighted by Crippen LogP contribution is -2.43. The van der Waals surface area contributed by atoms with Crippen LogP contribution < -0.4 is 4.74 Å². The minimum atomic E-state index is -0.566. The van der Waals surface area contributed by atoms with Gasteiger partial charge < -0.3 is 14.6 Å². The smallest absolute Gasteiger partial charge is 0.119 e. The van der Waals surface area contributed by atoms with Crippen LogP contribution >= 0.6 is 11.6 Å². The van der Waals surface area contributed by atoms with Gasteiger partial charge >= 0.3 is 0 Å². The van der Waals surface area contributed by atoms with Gasteiger partial charge in [0, 0.05) is 44.3 Å². The van der Waals surface area contributed by atoms with Gasteiger partial charge in [-0.15, -0.1) is 0 Å². The van der Waals surface area contributed by atoms with E-state index >= 15 is 0 Å².